The van der Waals surface area contributed by atoms with E-state index in [1.807, 2.05) is 6.92 Å². The van der Waals surface area contributed by atoms with E-state index < -0.39 is 10.0 Å². The largest absolute Gasteiger partial charge is 0.276 e. The lowest BCUT2D eigenvalue weighted by atomic mass is 10.4. The van der Waals surface area contributed by atoms with Crippen LogP contribution in [-0.2, 0) is 10.0 Å². The molecule has 0 saturated heterocycles. The van der Waals surface area contributed by atoms with Gasteiger partial charge in [0.1, 0.15) is 10.5 Å². The average Bonchev–Trinajstić information content (AvgIpc) is 2.61. The van der Waals surface area contributed by atoms with Crippen LogP contribution in [0.2, 0.25) is 0 Å². The molecule has 0 radical (unpaired) electrons. The van der Waals surface area contributed by atoms with E-state index in [-0.39, 0.29) is 4.21 Å². The molecule has 2 aromatic heterocycles. The van der Waals surface area contributed by atoms with Crippen molar-refractivity contribution < 1.29 is 8.42 Å². The molecular formula is C9H8BrN3O2S2. The monoisotopic (exact) mass is 333 g/mol. The summed E-state index contributed by atoms with van der Waals surface area (Å²) in [4.78, 5) is 7.48. The molecule has 8 heteroatoms. The molecule has 0 atom stereocenters. The lowest BCUT2D eigenvalue weighted by molar-refractivity contribution is 0.603. The van der Waals surface area contributed by atoms with Crippen LogP contribution in [0.25, 0.3) is 0 Å². The molecule has 2 heterocycles. The molecule has 2 rings (SSSR count). The number of nitrogens with one attached hydrogen (secondary N) is 1. The third kappa shape index (κ3) is 2.82. The fourth-order valence-electron chi connectivity index (χ4n) is 1.12. The molecular weight excluding hydrogens is 326 g/mol. The maximum Gasteiger partial charge on any atom is 0.271 e. The Kier molecular flexibility index (Phi) is 3.45. The summed E-state index contributed by atoms with van der Waals surface area (Å²) in [6, 6.07) is 1.61. The van der Waals surface area contributed by atoms with Crippen molar-refractivity contribution in [3.05, 3.63) is 34.1 Å². The Morgan fingerprint density at radius 1 is 1.35 bits per heavy atom. The summed E-state index contributed by atoms with van der Waals surface area (Å²) in [6.45, 7) is 1.84. The van der Waals surface area contributed by atoms with Crippen molar-refractivity contribution in [3.63, 3.8) is 0 Å². The van der Waals surface area contributed by atoms with Gasteiger partial charge in [-0.3, -0.25) is 4.72 Å². The Morgan fingerprint density at radius 3 is 2.53 bits per heavy atom. The van der Waals surface area contributed by atoms with Gasteiger partial charge in [-0.15, -0.1) is 11.3 Å². The Hall–Kier alpha value is -0.990. The summed E-state index contributed by atoms with van der Waals surface area (Å²) in [5, 5.41) is 0. The number of hydrogen-bond acceptors (Lipinski definition) is 5. The maximum absolute atomic E-state index is 12.0. The predicted molar refractivity (Wildman–Crippen MR) is 69.6 cm³/mol. The van der Waals surface area contributed by atoms with Gasteiger partial charge in [-0.2, -0.15) is 0 Å². The summed E-state index contributed by atoms with van der Waals surface area (Å²) < 4.78 is 27.5. The van der Waals surface area contributed by atoms with Crippen LogP contribution in [0, 0.1) is 6.92 Å². The highest BCUT2D eigenvalue weighted by molar-refractivity contribution is 9.11. The first-order valence-electron chi connectivity index (χ1n) is 4.53. The van der Waals surface area contributed by atoms with Crippen LogP contribution in [-0.4, -0.2) is 18.4 Å². The molecule has 0 unspecified atom stereocenters. The van der Waals surface area contributed by atoms with Crippen molar-refractivity contribution in [1.29, 1.82) is 0 Å². The molecule has 0 saturated carbocycles. The van der Waals surface area contributed by atoms with E-state index in [0.29, 0.717) is 5.69 Å². The molecule has 1 N–H and O–H groups in total. The number of anilines is 1. The summed E-state index contributed by atoms with van der Waals surface area (Å²) in [6.07, 6.45) is 4.14. The summed E-state index contributed by atoms with van der Waals surface area (Å²) >= 11 is 4.46. The lowest BCUT2D eigenvalue weighted by Crippen LogP contribution is -2.11. The van der Waals surface area contributed by atoms with E-state index >= 15 is 0 Å². The molecule has 2 aromatic rings. The molecule has 0 spiro atoms. The highest BCUT2D eigenvalue weighted by atomic mass is 79.9. The third-order valence-electron chi connectivity index (χ3n) is 1.91. The van der Waals surface area contributed by atoms with Crippen LogP contribution in [0.5, 0.6) is 0 Å². The highest BCUT2D eigenvalue weighted by Crippen LogP contribution is 2.31. The molecule has 5 nitrogen and oxygen atoms in total. The Morgan fingerprint density at radius 2 is 2.00 bits per heavy atom. The minimum absolute atomic E-state index is 0.255. The van der Waals surface area contributed by atoms with Crippen LogP contribution < -0.4 is 4.72 Å². The highest BCUT2D eigenvalue weighted by Gasteiger charge is 2.18. The SMILES string of the molecule is Cc1cc(S(=O)(=O)Nc2cncnc2)sc1Br. The second kappa shape index (κ2) is 4.71. The van der Waals surface area contributed by atoms with Crippen LogP contribution in [0.15, 0.2) is 32.8 Å². The second-order valence-electron chi connectivity index (χ2n) is 3.25. The van der Waals surface area contributed by atoms with Gasteiger partial charge in [-0.1, -0.05) is 0 Å². The molecule has 17 heavy (non-hydrogen) atoms. The summed E-state index contributed by atoms with van der Waals surface area (Å²) in [5.74, 6) is 0. The van der Waals surface area contributed by atoms with E-state index in [1.54, 1.807) is 6.07 Å². The van der Waals surface area contributed by atoms with Gasteiger partial charge in [0.2, 0.25) is 0 Å². The number of sulfonamides is 1. The molecule has 0 aromatic carbocycles. The fraction of sp³-hybridized carbons (Fsp3) is 0.111. The van der Waals surface area contributed by atoms with Gasteiger partial charge >= 0.3 is 0 Å². The van der Waals surface area contributed by atoms with E-state index in [9.17, 15) is 8.42 Å². The van der Waals surface area contributed by atoms with E-state index in [4.69, 9.17) is 0 Å². The Labute approximate surface area is 111 Å². The van der Waals surface area contributed by atoms with Crippen LogP contribution in [0.3, 0.4) is 0 Å². The van der Waals surface area contributed by atoms with Gasteiger partial charge < -0.3 is 0 Å². The predicted octanol–water partition coefficient (Wildman–Crippen LogP) is 2.41. The molecule has 0 amide bonds. The van der Waals surface area contributed by atoms with Gasteiger partial charge in [0.25, 0.3) is 10.0 Å². The first-order chi connectivity index (χ1) is 7.99. The normalized spacial score (nSPS) is 11.4. The van der Waals surface area contributed by atoms with Gasteiger partial charge in [0.05, 0.1) is 21.9 Å². The standard InChI is InChI=1S/C9H8BrN3O2S2/c1-6-2-8(16-9(6)10)17(14,15)13-7-3-11-5-12-4-7/h2-5,13H,1H3. The second-order valence-corrected chi connectivity index (χ2v) is 7.53. The van der Waals surface area contributed by atoms with Crippen LogP contribution >= 0.6 is 27.3 Å². The zero-order valence-corrected chi connectivity index (χ0v) is 11.9. The number of aryl methyl sites for hydroxylation is 1. The van der Waals surface area contributed by atoms with Crippen molar-refractivity contribution in [3.8, 4) is 0 Å². The first-order valence-corrected chi connectivity index (χ1v) is 7.62. The van der Waals surface area contributed by atoms with Crippen molar-refractivity contribution in [1.82, 2.24) is 9.97 Å². The van der Waals surface area contributed by atoms with E-state index in [0.717, 1.165) is 9.35 Å². The number of aromatic nitrogens is 2. The van der Waals surface area contributed by atoms with Crippen molar-refractivity contribution in [2.24, 2.45) is 0 Å². The smallest absolute Gasteiger partial charge is 0.271 e. The van der Waals surface area contributed by atoms with Crippen LogP contribution in [0.4, 0.5) is 5.69 Å². The van der Waals surface area contributed by atoms with Crippen molar-refractivity contribution in [2.75, 3.05) is 4.72 Å². The minimum Gasteiger partial charge on any atom is -0.276 e. The lowest BCUT2D eigenvalue weighted by Gasteiger charge is -2.04. The Balaban J connectivity index is 2.32. The van der Waals surface area contributed by atoms with Gasteiger partial charge in [-0.25, -0.2) is 18.4 Å². The molecule has 90 valence electrons. The molecule has 0 aliphatic rings. The zero-order valence-electron chi connectivity index (χ0n) is 8.71. The summed E-state index contributed by atoms with van der Waals surface area (Å²) in [5.41, 5.74) is 1.23. The number of halogens is 1. The van der Waals surface area contributed by atoms with Crippen LogP contribution in [0.1, 0.15) is 5.56 Å². The average molecular weight is 334 g/mol. The maximum atomic E-state index is 12.0. The molecule has 0 bridgehead atoms. The third-order valence-corrected chi connectivity index (χ3v) is 5.90. The molecule has 0 aliphatic heterocycles. The number of hydrogen-bond donors (Lipinski definition) is 1. The van der Waals surface area contributed by atoms with E-state index in [1.165, 1.54) is 30.1 Å². The van der Waals surface area contributed by atoms with Crippen molar-refractivity contribution >= 4 is 43.0 Å². The van der Waals surface area contributed by atoms with Gasteiger partial charge in [0.15, 0.2) is 0 Å². The molecule has 0 aliphatic carbocycles. The zero-order chi connectivity index (χ0) is 12.5. The molecule has 0 fully saturated rings. The van der Waals surface area contributed by atoms with Gasteiger partial charge in [-0.05, 0) is 34.5 Å². The fourth-order valence-corrected chi connectivity index (χ4v) is 4.37. The van der Waals surface area contributed by atoms with Gasteiger partial charge in [0, 0.05) is 0 Å². The topological polar surface area (TPSA) is 72.0 Å². The van der Waals surface area contributed by atoms with Crippen molar-refractivity contribution in [2.45, 2.75) is 11.1 Å². The number of nitrogens with zero attached hydrogens (tertiary/aromatic N) is 2. The Bertz CT molecular complexity index is 605. The van der Waals surface area contributed by atoms with E-state index in [2.05, 4.69) is 30.6 Å². The minimum atomic E-state index is -3.56. The number of thiophene rings is 1. The first kappa shape index (κ1) is 12.5. The summed E-state index contributed by atoms with van der Waals surface area (Å²) in [7, 11) is -3.56. The quantitative estimate of drug-likeness (QED) is 0.936. The number of rotatable bonds is 3.